The standard InChI is InChI=1S/C13H20N2O4/c1-12(2,8-10(16)17)7-9-14-15-11(19-9)13(3)5-4-6-18-13/h4-8H2,1-3H3,(H,16,17). The summed E-state index contributed by atoms with van der Waals surface area (Å²) >= 11 is 0. The van der Waals surface area contributed by atoms with E-state index in [1.807, 2.05) is 20.8 Å². The summed E-state index contributed by atoms with van der Waals surface area (Å²) in [6, 6.07) is 0. The Labute approximate surface area is 112 Å². The van der Waals surface area contributed by atoms with Crippen molar-refractivity contribution in [3.63, 3.8) is 0 Å². The van der Waals surface area contributed by atoms with E-state index in [2.05, 4.69) is 10.2 Å². The summed E-state index contributed by atoms with van der Waals surface area (Å²) in [6.07, 6.45) is 2.37. The molecule has 1 aromatic rings. The highest BCUT2D eigenvalue weighted by atomic mass is 16.5. The maximum absolute atomic E-state index is 10.8. The van der Waals surface area contributed by atoms with E-state index in [0.29, 0.717) is 24.8 Å². The van der Waals surface area contributed by atoms with Gasteiger partial charge in [0, 0.05) is 13.0 Å². The molecule has 1 aromatic heterocycles. The molecule has 2 heterocycles. The Kier molecular flexibility index (Phi) is 3.62. The average Bonchev–Trinajstić information content (AvgIpc) is 2.85. The fourth-order valence-corrected chi connectivity index (χ4v) is 2.37. The minimum absolute atomic E-state index is 0.0679. The van der Waals surface area contributed by atoms with Crippen LogP contribution in [0.1, 0.15) is 51.8 Å². The highest BCUT2D eigenvalue weighted by Gasteiger charge is 2.37. The Bertz CT molecular complexity index is 461. The molecule has 106 valence electrons. The maximum Gasteiger partial charge on any atom is 0.303 e. The number of ether oxygens (including phenoxy) is 1. The van der Waals surface area contributed by atoms with E-state index in [4.69, 9.17) is 14.3 Å². The number of hydrogen-bond acceptors (Lipinski definition) is 5. The lowest BCUT2D eigenvalue weighted by molar-refractivity contribution is -0.139. The number of carbonyl (C=O) groups is 1. The second-order valence-corrected chi connectivity index (χ2v) is 6.10. The quantitative estimate of drug-likeness (QED) is 0.880. The highest BCUT2D eigenvalue weighted by molar-refractivity contribution is 5.67. The lowest BCUT2D eigenvalue weighted by Gasteiger charge is -2.20. The van der Waals surface area contributed by atoms with Gasteiger partial charge >= 0.3 is 5.97 Å². The van der Waals surface area contributed by atoms with Gasteiger partial charge in [-0.2, -0.15) is 0 Å². The molecule has 19 heavy (non-hydrogen) atoms. The molecule has 0 aromatic carbocycles. The topological polar surface area (TPSA) is 85.5 Å². The van der Waals surface area contributed by atoms with E-state index in [1.54, 1.807) is 0 Å². The summed E-state index contributed by atoms with van der Waals surface area (Å²) in [5.74, 6) is 0.139. The molecule has 1 unspecified atom stereocenters. The molecule has 0 bridgehead atoms. The first-order chi connectivity index (χ1) is 8.81. The van der Waals surface area contributed by atoms with Crippen molar-refractivity contribution in [2.24, 2.45) is 5.41 Å². The summed E-state index contributed by atoms with van der Waals surface area (Å²) in [5, 5.41) is 16.9. The van der Waals surface area contributed by atoms with Crippen molar-refractivity contribution in [1.82, 2.24) is 10.2 Å². The van der Waals surface area contributed by atoms with Crippen LogP contribution in [0.2, 0.25) is 0 Å². The van der Waals surface area contributed by atoms with Crippen molar-refractivity contribution in [3.05, 3.63) is 11.8 Å². The third-order valence-electron chi connectivity index (χ3n) is 3.40. The molecule has 1 N–H and O–H groups in total. The van der Waals surface area contributed by atoms with Crippen LogP contribution >= 0.6 is 0 Å². The van der Waals surface area contributed by atoms with Gasteiger partial charge in [0.05, 0.1) is 6.42 Å². The van der Waals surface area contributed by atoms with Gasteiger partial charge in [0.25, 0.3) is 0 Å². The van der Waals surface area contributed by atoms with Crippen LogP contribution in [0.5, 0.6) is 0 Å². The first-order valence-corrected chi connectivity index (χ1v) is 6.49. The Hall–Kier alpha value is -1.43. The van der Waals surface area contributed by atoms with E-state index in [9.17, 15) is 4.79 Å². The van der Waals surface area contributed by atoms with Crippen molar-refractivity contribution >= 4 is 5.97 Å². The van der Waals surface area contributed by atoms with Crippen LogP contribution in [0, 0.1) is 5.41 Å². The zero-order valence-electron chi connectivity index (χ0n) is 11.6. The molecule has 0 radical (unpaired) electrons. The van der Waals surface area contributed by atoms with Crippen LogP contribution in [0.15, 0.2) is 4.42 Å². The molecule has 2 rings (SSSR count). The zero-order valence-corrected chi connectivity index (χ0v) is 11.6. The summed E-state index contributed by atoms with van der Waals surface area (Å²) in [5.41, 5.74) is -0.894. The summed E-state index contributed by atoms with van der Waals surface area (Å²) < 4.78 is 11.3. The minimum Gasteiger partial charge on any atom is -0.481 e. The Balaban J connectivity index is 2.07. The molecule has 1 fully saturated rings. The first kappa shape index (κ1) is 14.0. The van der Waals surface area contributed by atoms with Gasteiger partial charge in [-0.05, 0) is 25.2 Å². The number of nitrogens with zero attached hydrogens (tertiary/aromatic N) is 2. The van der Waals surface area contributed by atoms with Gasteiger partial charge in [0.15, 0.2) is 0 Å². The number of carboxylic acids is 1. The van der Waals surface area contributed by atoms with Crippen LogP contribution in [-0.2, 0) is 21.6 Å². The number of carboxylic acid groups (broad SMARTS) is 1. The Morgan fingerprint density at radius 2 is 2.21 bits per heavy atom. The predicted molar refractivity (Wildman–Crippen MR) is 66.6 cm³/mol. The predicted octanol–water partition coefficient (Wildman–Crippen LogP) is 2.14. The second kappa shape index (κ2) is 4.92. The summed E-state index contributed by atoms with van der Waals surface area (Å²) in [4.78, 5) is 10.8. The number of rotatable bonds is 5. The van der Waals surface area contributed by atoms with Gasteiger partial charge in [0.2, 0.25) is 11.8 Å². The van der Waals surface area contributed by atoms with Crippen molar-refractivity contribution in [3.8, 4) is 0 Å². The van der Waals surface area contributed by atoms with Crippen LogP contribution in [0.25, 0.3) is 0 Å². The Morgan fingerprint density at radius 3 is 2.79 bits per heavy atom. The lowest BCUT2D eigenvalue weighted by Crippen LogP contribution is -2.20. The maximum atomic E-state index is 10.8. The second-order valence-electron chi connectivity index (χ2n) is 6.10. The number of aromatic nitrogens is 2. The van der Waals surface area contributed by atoms with Crippen molar-refractivity contribution in [1.29, 1.82) is 0 Å². The molecule has 0 aliphatic carbocycles. The van der Waals surface area contributed by atoms with Crippen LogP contribution in [0.4, 0.5) is 0 Å². The minimum atomic E-state index is -0.823. The smallest absolute Gasteiger partial charge is 0.303 e. The van der Waals surface area contributed by atoms with Gasteiger partial charge in [-0.3, -0.25) is 4.79 Å². The van der Waals surface area contributed by atoms with Crippen LogP contribution < -0.4 is 0 Å². The van der Waals surface area contributed by atoms with E-state index in [1.165, 1.54) is 0 Å². The van der Waals surface area contributed by atoms with E-state index in [-0.39, 0.29) is 6.42 Å². The molecule has 1 saturated heterocycles. The van der Waals surface area contributed by atoms with Gasteiger partial charge in [-0.15, -0.1) is 10.2 Å². The molecule has 0 saturated carbocycles. The first-order valence-electron chi connectivity index (χ1n) is 6.49. The molecule has 0 amide bonds. The van der Waals surface area contributed by atoms with E-state index >= 15 is 0 Å². The third kappa shape index (κ3) is 3.32. The molecule has 0 spiro atoms. The monoisotopic (exact) mass is 268 g/mol. The van der Waals surface area contributed by atoms with E-state index < -0.39 is 17.0 Å². The van der Waals surface area contributed by atoms with Crippen LogP contribution in [0.3, 0.4) is 0 Å². The van der Waals surface area contributed by atoms with Crippen molar-refractivity contribution < 1.29 is 19.1 Å². The molecular formula is C13H20N2O4. The summed E-state index contributed by atoms with van der Waals surface area (Å²) in [7, 11) is 0. The fraction of sp³-hybridized carbons (Fsp3) is 0.769. The molecule has 1 aliphatic heterocycles. The van der Waals surface area contributed by atoms with Crippen molar-refractivity contribution in [2.45, 2.75) is 52.1 Å². The molecular weight excluding hydrogens is 248 g/mol. The Morgan fingerprint density at radius 1 is 1.47 bits per heavy atom. The van der Waals surface area contributed by atoms with Crippen molar-refractivity contribution in [2.75, 3.05) is 6.61 Å². The molecule has 6 heteroatoms. The fourth-order valence-electron chi connectivity index (χ4n) is 2.37. The normalized spacial score (nSPS) is 23.7. The molecule has 1 atom stereocenters. The SMILES string of the molecule is CC(C)(CC(=O)O)Cc1nnc(C2(C)CCCO2)o1. The third-order valence-corrected chi connectivity index (χ3v) is 3.40. The number of aliphatic carboxylic acids is 1. The van der Waals surface area contributed by atoms with Gasteiger partial charge in [0.1, 0.15) is 5.60 Å². The van der Waals surface area contributed by atoms with E-state index in [0.717, 1.165) is 12.8 Å². The average molecular weight is 268 g/mol. The largest absolute Gasteiger partial charge is 0.481 e. The molecule has 1 aliphatic rings. The molecule has 6 nitrogen and oxygen atoms in total. The number of hydrogen-bond donors (Lipinski definition) is 1. The van der Waals surface area contributed by atoms with Crippen LogP contribution in [-0.4, -0.2) is 27.9 Å². The lowest BCUT2D eigenvalue weighted by atomic mass is 9.86. The van der Waals surface area contributed by atoms with Gasteiger partial charge < -0.3 is 14.3 Å². The van der Waals surface area contributed by atoms with Gasteiger partial charge in [-0.25, -0.2) is 0 Å². The van der Waals surface area contributed by atoms with Gasteiger partial charge in [-0.1, -0.05) is 13.8 Å². The zero-order chi connectivity index (χ0) is 14.1. The summed E-state index contributed by atoms with van der Waals surface area (Å²) in [6.45, 7) is 6.40. The highest BCUT2D eigenvalue weighted by Crippen LogP contribution is 2.35.